The Hall–Kier alpha value is -3.07. The smallest absolute Gasteiger partial charge is 0.337 e. The molecule has 0 radical (unpaired) electrons. The van der Waals surface area contributed by atoms with Crippen LogP contribution in [0, 0.1) is 5.82 Å². The highest BCUT2D eigenvalue weighted by molar-refractivity contribution is 7.13. The van der Waals surface area contributed by atoms with Crippen LogP contribution in [0.15, 0.2) is 36.0 Å². The van der Waals surface area contributed by atoms with Gasteiger partial charge in [0.2, 0.25) is 0 Å². The van der Waals surface area contributed by atoms with E-state index in [9.17, 15) is 14.0 Å². The minimum absolute atomic E-state index is 0.121. The van der Waals surface area contributed by atoms with Gasteiger partial charge in [-0.1, -0.05) is 0 Å². The molecule has 0 bridgehead atoms. The van der Waals surface area contributed by atoms with Crippen LogP contribution in [0.25, 0.3) is 10.6 Å². The van der Waals surface area contributed by atoms with Crippen LogP contribution in [0.2, 0.25) is 0 Å². The molecule has 1 amide bonds. The van der Waals surface area contributed by atoms with Crippen LogP contribution in [0.4, 0.5) is 10.1 Å². The first-order valence-electron chi connectivity index (χ1n) is 7.11. The molecule has 1 N–H and O–H groups in total. The highest BCUT2D eigenvalue weighted by atomic mass is 32.1. The first-order valence-corrected chi connectivity index (χ1v) is 7.99. The Morgan fingerprint density at radius 1 is 1.36 bits per heavy atom. The molecule has 0 atom stereocenters. The Bertz CT molecular complexity index is 951. The molecule has 0 aliphatic rings. The van der Waals surface area contributed by atoms with Crippen molar-refractivity contribution in [2.75, 3.05) is 12.4 Å². The van der Waals surface area contributed by atoms with Gasteiger partial charge < -0.3 is 10.1 Å². The Balaban J connectivity index is 1.81. The molecule has 0 spiro atoms. The predicted molar refractivity (Wildman–Crippen MR) is 90.0 cm³/mol. The van der Waals surface area contributed by atoms with Gasteiger partial charge in [0.1, 0.15) is 16.5 Å². The van der Waals surface area contributed by atoms with Crippen LogP contribution in [0.5, 0.6) is 0 Å². The highest BCUT2D eigenvalue weighted by Crippen LogP contribution is 2.24. The van der Waals surface area contributed by atoms with E-state index < -0.39 is 17.7 Å². The fraction of sp³-hybridized carbons (Fsp3) is 0.125. The van der Waals surface area contributed by atoms with E-state index >= 15 is 0 Å². The maximum atomic E-state index is 13.9. The summed E-state index contributed by atoms with van der Waals surface area (Å²) >= 11 is 1.28. The number of benzene rings is 1. The maximum absolute atomic E-state index is 13.9. The number of halogens is 1. The van der Waals surface area contributed by atoms with Crippen molar-refractivity contribution in [2.24, 2.45) is 7.05 Å². The Morgan fingerprint density at radius 3 is 2.84 bits per heavy atom. The molecule has 0 unspecified atom stereocenters. The molecule has 128 valence electrons. The largest absolute Gasteiger partial charge is 0.465 e. The number of aryl methyl sites for hydroxylation is 1. The summed E-state index contributed by atoms with van der Waals surface area (Å²) in [6, 6.07) is 3.58. The lowest BCUT2D eigenvalue weighted by Crippen LogP contribution is -2.14. The van der Waals surface area contributed by atoms with Crippen LogP contribution >= 0.6 is 11.3 Å². The second kappa shape index (κ2) is 6.81. The van der Waals surface area contributed by atoms with Crippen molar-refractivity contribution in [1.82, 2.24) is 14.8 Å². The topological polar surface area (TPSA) is 86.1 Å². The summed E-state index contributed by atoms with van der Waals surface area (Å²) in [5.41, 5.74) is 0.939. The number of ether oxygens (including phenoxy) is 1. The predicted octanol–water partition coefficient (Wildman–Crippen LogP) is 2.72. The van der Waals surface area contributed by atoms with Crippen LogP contribution in [0.3, 0.4) is 0 Å². The molecule has 9 heteroatoms. The number of methoxy groups -OCH3 is 1. The molecule has 0 aliphatic heterocycles. The number of hydrogen-bond acceptors (Lipinski definition) is 6. The number of anilines is 1. The second-order valence-corrected chi connectivity index (χ2v) is 5.94. The van der Waals surface area contributed by atoms with Crippen LogP contribution in [-0.2, 0) is 11.8 Å². The number of hydrogen-bond donors (Lipinski definition) is 1. The van der Waals surface area contributed by atoms with E-state index in [2.05, 4.69) is 20.1 Å². The molecule has 1 aromatic carbocycles. The molecule has 0 aliphatic carbocycles. The van der Waals surface area contributed by atoms with Crippen molar-refractivity contribution in [1.29, 1.82) is 0 Å². The third-order valence-corrected chi connectivity index (χ3v) is 4.22. The van der Waals surface area contributed by atoms with Crippen molar-refractivity contribution in [2.45, 2.75) is 0 Å². The summed E-state index contributed by atoms with van der Waals surface area (Å²) in [5, 5.41) is 8.66. The lowest BCUT2D eigenvalue weighted by Gasteiger charge is -2.07. The molecule has 3 rings (SSSR count). The lowest BCUT2D eigenvalue weighted by atomic mass is 10.2. The van der Waals surface area contributed by atoms with Crippen molar-refractivity contribution >= 4 is 28.9 Å². The number of carbonyl (C=O) groups is 2. The van der Waals surface area contributed by atoms with E-state index in [1.165, 1.54) is 30.6 Å². The molecule has 7 nitrogen and oxygen atoms in total. The minimum atomic E-state index is -0.663. The number of esters is 1. The fourth-order valence-corrected chi connectivity index (χ4v) is 2.87. The molecular weight excluding hydrogens is 347 g/mol. The zero-order valence-corrected chi connectivity index (χ0v) is 14.1. The number of rotatable bonds is 4. The number of nitrogens with zero attached hydrogens (tertiary/aromatic N) is 3. The number of thiazole rings is 1. The van der Waals surface area contributed by atoms with Gasteiger partial charge in [-0.3, -0.25) is 9.48 Å². The molecular formula is C16H13FN4O3S. The van der Waals surface area contributed by atoms with Crippen molar-refractivity contribution in [3.05, 3.63) is 53.0 Å². The van der Waals surface area contributed by atoms with Crippen molar-refractivity contribution < 1.29 is 18.7 Å². The van der Waals surface area contributed by atoms with Gasteiger partial charge in [-0.15, -0.1) is 11.3 Å². The number of carbonyl (C=O) groups excluding carboxylic acids is 2. The van der Waals surface area contributed by atoms with E-state index in [4.69, 9.17) is 0 Å². The zero-order valence-electron chi connectivity index (χ0n) is 13.3. The number of nitrogens with one attached hydrogen (secondary N) is 1. The van der Waals surface area contributed by atoms with Gasteiger partial charge in [0.15, 0.2) is 0 Å². The third-order valence-electron chi connectivity index (χ3n) is 3.32. The molecule has 0 fully saturated rings. The summed E-state index contributed by atoms with van der Waals surface area (Å²) in [7, 11) is 3.00. The summed E-state index contributed by atoms with van der Waals surface area (Å²) < 4.78 is 20.1. The summed E-state index contributed by atoms with van der Waals surface area (Å²) in [4.78, 5) is 28.0. The average molecular weight is 360 g/mol. The second-order valence-electron chi connectivity index (χ2n) is 5.08. The standard InChI is InChI=1S/C16H13FN4O3S/c1-21-7-10(6-18-21)15-20-13(8-25-15)14(22)19-12-5-9(16(23)24-2)3-4-11(12)17/h3-8H,1-2H3,(H,19,22). The van der Waals surface area contributed by atoms with Crippen LogP contribution in [-0.4, -0.2) is 33.8 Å². The average Bonchev–Trinajstić information content (AvgIpc) is 3.25. The van der Waals surface area contributed by atoms with Gasteiger partial charge in [-0.2, -0.15) is 5.10 Å². The highest BCUT2D eigenvalue weighted by Gasteiger charge is 2.16. The van der Waals surface area contributed by atoms with Gasteiger partial charge in [0.05, 0.1) is 24.6 Å². The molecule has 25 heavy (non-hydrogen) atoms. The van der Waals surface area contributed by atoms with Crippen molar-refractivity contribution in [3.63, 3.8) is 0 Å². The van der Waals surface area contributed by atoms with Gasteiger partial charge in [0.25, 0.3) is 5.91 Å². The molecule has 3 aromatic rings. The first kappa shape index (κ1) is 16.8. The quantitative estimate of drug-likeness (QED) is 0.723. The fourth-order valence-electron chi connectivity index (χ4n) is 2.09. The summed E-state index contributed by atoms with van der Waals surface area (Å²) in [5.74, 6) is -1.86. The van der Waals surface area contributed by atoms with Gasteiger partial charge >= 0.3 is 5.97 Å². The van der Waals surface area contributed by atoms with E-state index in [1.54, 1.807) is 29.5 Å². The Morgan fingerprint density at radius 2 is 2.16 bits per heavy atom. The molecule has 2 heterocycles. The normalized spacial score (nSPS) is 10.5. The van der Waals surface area contributed by atoms with E-state index in [1.807, 2.05) is 0 Å². The zero-order chi connectivity index (χ0) is 18.0. The first-order chi connectivity index (χ1) is 12.0. The Kier molecular flexibility index (Phi) is 4.57. The monoisotopic (exact) mass is 360 g/mol. The Labute approximate surface area is 146 Å². The molecule has 0 saturated carbocycles. The van der Waals surface area contributed by atoms with Gasteiger partial charge in [-0.05, 0) is 18.2 Å². The van der Waals surface area contributed by atoms with Crippen LogP contribution < -0.4 is 5.32 Å². The van der Waals surface area contributed by atoms with Crippen LogP contribution in [0.1, 0.15) is 20.8 Å². The lowest BCUT2D eigenvalue weighted by molar-refractivity contribution is 0.0600. The van der Waals surface area contributed by atoms with E-state index in [0.717, 1.165) is 11.6 Å². The SMILES string of the molecule is COC(=O)c1ccc(F)c(NC(=O)c2csc(-c3cnn(C)c3)n2)c1. The molecule has 0 saturated heterocycles. The minimum Gasteiger partial charge on any atom is -0.465 e. The van der Waals surface area contributed by atoms with E-state index in [-0.39, 0.29) is 16.9 Å². The van der Waals surface area contributed by atoms with Crippen molar-refractivity contribution in [3.8, 4) is 10.6 Å². The van der Waals surface area contributed by atoms with Gasteiger partial charge in [0, 0.05) is 24.2 Å². The number of amides is 1. The summed E-state index contributed by atoms with van der Waals surface area (Å²) in [6.07, 6.45) is 3.42. The summed E-state index contributed by atoms with van der Waals surface area (Å²) in [6.45, 7) is 0. The third kappa shape index (κ3) is 3.56. The van der Waals surface area contributed by atoms with Gasteiger partial charge in [-0.25, -0.2) is 14.2 Å². The number of aromatic nitrogens is 3. The maximum Gasteiger partial charge on any atom is 0.337 e. The van der Waals surface area contributed by atoms with E-state index in [0.29, 0.717) is 5.01 Å². The molecule has 2 aromatic heterocycles.